The molecule has 1 aliphatic heterocycles. The number of aromatic nitrogens is 3. The van der Waals surface area contributed by atoms with Crippen molar-refractivity contribution in [1.82, 2.24) is 20.1 Å². The summed E-state index contributed by atoms with van der Waals surface area (Å²) in [5.41, 5.74) is 1.47. The van der Waals surface area contributed by atoms with E-state index in [4.69, 9.17) is 0 Å². The quantitative estimate of drug-likeness (QED) is 0.790. The minimum Gasteiger partial charge on any atom is -0.356 e. The van der Waals surface area contributed by atoms with Crippen molar-refractivity contribution < 1.29 is 4.79 Å². The van der Waals surface area contributed by atoms with Gasteiger partial charge in [0.2, 0.25) is 0 Å². The zero-order chi connectivity index (χ0) is 18.1. The van der Waals surface area contributed by atoms with E-state index in [1.165, 1.54) is 10.8 Å². The van der Waals surface area contributed by atoms with E-state index < -0.39 is 0 Å². The molecule has 0 unspecified atom stereocenters. The number of piperidine rings is 1. The van der Waals surface area contributed by atoms with Crippen molar-refractivity contribution in [2.75, 3.05) is 18.0 Å². The summed E-state index contributed by atoms with van der Waals surface area (Å²) in [6, 6.07) is 12.4. The highest BCUT2D eigenvalue weighted by molar-refractivity contribution is 5.93. The number of anilines is 1. The molecule has 1 aromatic carbocycles. The Morgan fingerprint density at radius 3 is 2.69 bits per heavy atom. The van der Waals surface area contributed by atoms with Crippen molar-refractivity contribution in [2.45, 2.75) is 25.8 Å². The lowest BCUT2D eigenvalue weighted by Gasteiger charge is -2.33. The van der Waals surface area contributed by atoms with E-state index in [0.717, 1.165) is 37.4 Å². The summed E-state index contributed by atoms with van der Waals surface area (Å²) in [7, 11) is 1.80. The number of carbonyl (C=O) groups is 1. The Morgan fingerprint density at radius 1 is 1.19 bits per heavy atom. The summed E-state index contributed by atoms with van der Waals surface area (Å²) in [6.07, 6.45) is 3.69. The lowest BCUT2D eigenvalue weighted by atomic mass is 10.0. The van der Waals surface area contributed by atoms with E-state index in [2.05, 4.69) is 38.5 Å². The first-order valence-corrected chi connectivity index (χ1v) is 9.02. The van der Waals surface area contributed by atoms with Gasteiger partial charge in [0.1, 0.15) is 11.5 Å². The van der Waals surface area contributed by atoms with Gasteiger partial charge in [-0.05, 0) is 37.3 Å². The van der Waals surface area contributed by atoms with E-state index in [-0.39, 0.29) is 11.9 Å². The molecule has 1 amide bonds. The molecule has 1 saturated heterocycles. The standard InChI is InChI=1S/C20H23N5O/c1-14-13-18(24(2)23-14)20(26)22-16-8-11-25(12-9-16)19-17-6-4-3-5-15(17)7-10-21-19/h3-7,10,13,16H,8-9,11-12H2,1-2H3,(H,22,26). The second-order valence-electron chi connectivity index (χ2n) is 6.89. The van der Waals surface area contributed by atoms with Crippen LogP contribution in [0, 0.1) is 6.92 Å². The summed E-state index contributed by atoms with van der Waals surface area (Å²) in [5.74, 6) is 0.991. The molecule has 6 nitrogen and oxygen atoms in total. The summed E-state index contributed by atoms with van der Waals surface area (Å²) >= 11 is 0. The molecule has 134 valence electrons. The fourth-order valence-corrected chi connectivity index (χ4v) is 3.67. The number of carbonyl (C=O) groups excluding carboxylic acids is 1. The molecule has 1 N–H and O–H groups in total. The van der Waals surface area contributed by atoms with Crippen LogP contribution >= 0.6 is 0 Å². The molecule has 3 aromatic rings. The van der Waals surface area contributed by atoms with Crippen molar-refractivity contribution in [1.29, 1.82) is 0 Å². The average Bonchev–Trinajstić information content (AvgIpc) is 3.00. The van der Waals surface area contributed by atoms with E-state index in [0.29, 0.717) is 5.69 Å². The molecule has 0 radical (unpaired) electrons. The number of aryl methyl sites for hydroxylation is 2. The molecule has 6 heteroatoms. The summed E-state index contributed by atoms with van der Waals surface area (Å²) in [4.78, 5) is 19.4. The number of hydrogen-bond acceptors (Lipinski definition) is 4. The van der Waals surface area contributed by atoms with Crippen molar-refractivity contribution >= 4 is 22.5 Å². The van der Waals surface area contributed by atoms with Crippen molar-refractivity contribution in [3.8, 4) is 0 Å². The Hall–Kier alpha value is -2.89. The topological polar surface area (TPSA) is 63.1 Å². The number of amides is 1. The SMILES string of the molecule is Cc1cc(C(=O)NC2CCN(c3nccc4ccccc34)CC2)n(C)n1. The minimum absolute atomic E-state index is 0.0464. The van der Waals surface area contributed by atoms with Gasteiger partial charge in [0, 0.05) is 37.8 Å². The highest BCUT2D eigenvalue weighted by Gasteiger charge is 2.24. The second kappa shape index (κ2) is 6.78. The maximum Gasteiger partial charge on any atom is 0.269 e. The Balaban J connectivity index is 1.42. The van der Waals surface area contributed by atoms with Gasteiger partial charge in [0.15, 0.2) is 0 Å². The molecule has 1 fully saturated rings. The predicted octanol–water partition coefficient (Wildman–Crippen LogP) is 2.68. The van der Waals surface area contributed by atoms with Crippen LogP contribution in [0.25, 0.3) is 10.8 Å². The Morgan fingerprint density at radius 2 is 1.96 bits per heavy atom. The van der Waals surface area contributed by atoms with Crippen molar-refractivity contribution in [2.24, 2.45) is 7.05 Å². The van der Waals surface area contributed by atoms with Gasteiger partial charge in [-0.15, -0.1) is 0 Å². The van der Waals surface area contributed by atoms with Crippen molar-refractivity contribution in [3.05, 3.63) is 54.0 Å². The predicted molar refractivity (Wildman–Crippen MR) is 102 cm³/mol. The van der Waals surface area contributed by atoms with Crippen LogP contribution in [0.15, 0.2) is 42.6 Å². The molecule has 0 saturated carbocycles. The Labute approximate surface area is 152 Å². The average molecular weight is 349 g/mol. The second-order valence-corrected chi connectivity index (χ2v) is 6.89. The van der Waals surface area contributed by atoms with Crippen LogP contribution < -0.4 is 10.2 Å². The number of hydrogen-bond donors (Lipinski definition) is 1. The van der Waals surface area contributed by atoms with Gasteiger partial charge >= 0.3 is 0 Å². The monoisotopic (exact) mass is 349 g/mol. The molecule has 2 aromatic heterocycles. The number of benzene rings is 1. The van der Waals surface area contributed by atoms with E-state index in [1.54, 1.807) is 11.7 Å². The van der Waals surface area contributed by atoms with Crippen LogP contribution in [0.3, 0.4) is 0 Å². The van der Waals surface area contributed by atoms with Gasteiger partial charge in [0.05, 0.1) is 5.69 Å². The number of pyridine rings is 1. The fraction of sp³-hybridized carbons (Fsp3) is 0.350. The van der Waals surface area contributed by atoms with E-state index >= 15 is 0 Å². The van der Waals surface area contributed by atoms with Crippen molar-refractivity contribution in [3.63, 3.8) is 0 Å². The van der Waals surface area contributed by atoms with Gasteiger partial charge in [-0.25, -0.2) is 4.98 Å². The molecule has 1 aliphatic rings. The van der Waals surface area contributed by atoms with Crippen LogP contribution in [0.4, 0.5) is 5.82 Å². The first-order valence-electron chi connectivity index (χ1n) is 9.02. The normalized spacial score (nSPS) is 15.4. The molecule has 0 bridgehead atoms. The maximum atomic E-state index is 12.5. The van der Waals surface area contributed by atoms with Gasteiger partial charge in [0.25, 0.3) is 5.91 Å². The largest absolute Gasteiger partial charge is 0.356 e. The highest BCUT2D eigenvalue weighted by atomic mass is 16.2. The number of nitrogens with one attached hydrogen (secondary N) is 1. The van der Waals surface area contributed by atoms with Gasteiger partial charge < -0.3 is 10.2 Å². The third-order valence-electron chi connectivity index (χ3n) is 5.02. The van der Waals surface area contributed by atoms with Crippen LogP contribution in [0.2, 0.25) is 0 Å². The molecule has 26 heavy (non-hydrogen) atoms. The molecule has 0 spiro atoms. The first-order chi connectivity index (χ1) is 12.6. The molecule has 3 heterocycles. The number of fused-ring (bicyclic) bond motifs is 1. The van der Waals surface area contributed by atoms with E-state index in [9.17, 15) is 4.79 Å². The Kier molecular flexibility index (Phi) is 4.32. The lowest BCUT2D eigenvalue weighted by molar-refractivity contribution is 0.0921. The van der Waals surface area contributed by atoms with Gasteiger partial charge in [-0.2, -0.15) is 5.10 Å². The smallest absolute Gasteiger partial charge is 0.269 e. The summed E-state index contributed by atoms with van der Waals surface area (Å²) < 4.78 is 1.64. The van der Waals surface area contributed by atoms with Crippen LogP contribution in [0.5, 0.6) is 0 Å². The number of rotatable bonds is 3. The van der Waals surface area contributed by atoms with Gasteiger partial charge in [-0.1, -0.05) is 24.3 Å². The molecule has 4 rings (SSSR count). The van der Waals surface area contributed by atoms with Crippen LogP contribution in [0.1, 0.15) is 29.0 Å². The summed E-state index contributed by atoms with van der Waals surface area (Å²) in [6.45, 7) is 3.67. The zero-order valence-electron chi connectivity index (χ0n) is 15.1. The Bertz CT molecular complexity index is 935. The third kappa shape index (κ3) is 3.14. The van der Waals surface area contributed by atoms with Crippen LogP contribution in [-0.4, -0.2) is 39.8 Å². The number of nitrogens with zero attached hydrogens (tertiary/aromatic N) is 4. The lowest BCUT2D eigenvalue weighted by Crippen LogP contribution is -2.45. The third-order valence-corrected chi connectivity index (χ3v) is 5.02. The first kappa shape index (κ1) is 16.6. The van der Waals surface area contributed by atoms with E-state index in [1.807, 2.05) is 31.3 Å². The summed E-state index contributed by atoms with van der Waals surface area (Å²) in [5, 5.41) is 9.79. The zero-order valence-corrected chi connectivity index (χ0v) is 15.1. The van der Waals surface area contributed by atoms with Gasteiger partial charge in [-0.3, -0.25) is 9.48 Å². The van der Waals surface area contributed by atoms with Crippen LogP contribution in [-0.2, 0) is 7.05 Å². The molecular weight excluding hydrogens is 326 g/mol. The minimum atomic E-state index is -0.0464. The molecule has 0 aliphatic carbocycles. The highest BCUT2D eigenvalue weighted by Crippen LogP contribution is 2.26. The maximum absolute atomic E-state index is 12.5. The molecule has 0 atom stereocenters. The molecular formula is C20H23N5O. The fourth-order valence-electron chi connectivity index (χ4n) is 3.67.